The molecule has 2 atom stereocenters. The van der Waals surface area contributed by atoms with Crippen molar-refractivity contribution in [3.05, 3.63) is 0 Å². The van der Waals surface area contributed by atoms with Crippen LogP contribution in [0.1, 0.15) is 39.0 Å². The number of rotatable bonds is 2. The van der Waals surface area contributed by atoms with Crippen LogP contribution in [0.3, 0.4) is 0 Å². The minimum absolute atomic E-state index is 0.148. The maximum absolute atomic E-state index is 9.16. The Balaban J connectivity index is 2.20. The Kier molecular flexibility index (Phi) is 3.87. The quantitative estimate of drug-likeness (QED) is 0.633. The van der Waals surface area contributed by atoms with Gasteiger partial charge in [0.25, 0.3) is 0 Å². The van der Waals surface area contributed by atoms with Gasteiger partial charge in [0.1, 0.15) is 0 Å². The van der Waals surface area contributed by atoms with E-state index in [9.17, 15) is 0 Å². The molecule has 1 aliphatic heterocycles. The molecule has 0 radical (unpaired) electrons. The summed E-state index contributed by atoms with van der Waals surface area (Å²) in [5.74, 6) is 0. The normalized spacial score (nSPS) is 29.5. The lowest BCUT2D eigenvalue weighted by molar-refractivity contribution is 0.167. The maximum Gasteiger partial charge on any atom is 0.0526 e. The average Bonchev–Trinajstić information content (AvgIpc) is 2.14. The molecule has 1 aliphatic rings. The predicted octanol–water partition coefficient (Wildman–Crippen LogP) is 1.29. The minimum atomic E-state index is -0.148. The van der Waals surface area contributed by atoms with E-state index in [1.165, 1.54) is 25.7 Å². The van der Waals surface area contributed by atoms with Crippen molar-refractivity contribution in [2.45, 2.75) is 51.2 Å². The molecular formula is C9H19NO. The summed E-state index contributed by atoms with van der Waals surface area (Å²) >= 11 is 0. The summed E-state index contributed by atoms with van der Waals surface area (Å²) in [7, 11) is 0. The number of aliphatic hydroxyl groups excluding tert-OH is 1. The Morgan fingerprint density at radius 2 is 2.27 bits per heavy atom. The summed E-state index contributed by atoms with van der Waals surface area (Å²) in [5.41, 5.74) is 0. The van der Waals surface area contributed by atoms with Crippen LogP contribution < -0.4 is 5.32 Å². The fraction of sp³-hybridized carbons (Fsp3) is 1.00. The first-order valence-electron chi connectivity index (χ1n) is 4.70. The van der Waals surface area contributed by atoms with E-state index in [2.05, 4.69) is 5.32 Å². The molecule has 0 unspecified atom stereocenters. The zero-order chi connectivity index (χ0) is 8.10. The van der Waals surface area contributed by atoms with Gasteiger partial charge in [-0.1, -0.05) is 12.8 Å². The molecule has 0 aliphatic carbocycles. The van der Waals surface area contributed by atoms with Gasteiger partial charge in [0.2, 0.25) is 0 Å². The highest BCUT2D eigenvalue weighted by atomic mass is 16.3. The summed E-state index contributed by atoms with van der Waals surface area (Å²) in [6.45, 7) is 3.00. The standard InChI is InChI=1S/C9H19NO/c1-8(11)7-9-5-3-2-4-6-10-9/h8-11H,2-7H2,1H3/t8-,9-/m1/s1. The molecule has 2 nitrogen and oxygen atoms in total. The zero-order valence-electron chi connectivity index (χ0n) is 7.34. The highest BCUT2D eigenvalue weighted by Crippen LogP contribution is 2.12. The van der Waals surface area contributed by atoms with Gasteiger partial charge in [-0.2, -0.15) is 0 Å². The van der Waals surface area contributed by atoms with Crippen molar-refractivity contribution in [2.75, 3.05) is 6.54 Å². The van der Waals surface area contributed by atoms with E-state index in [1.807, 2.05) is 6.92 Å². The van der Waals surface area contributed by atoms with Gasteiger partial charge < -0.3 is 10.4 Å². The van der Waals surface area contributed by atoms with Crippen LogP contribution in [0.5, 0.6) is 0 Å². The van der Waals surface area contributed by atoms with Crippen molar-refractivity contribution in [2.24, 2.45) is 0 Å². The molecule has 0 aromatic carbocycles. The molecule has 0 aromatic heterocycles. The predicted molar refractivity (Wildman–Crippen MR) is 46.6 cm³/mol. The van der Waals surface area contributed by atoms with Crippen molar-refractivity contribution in [1.29, 1.82) is 0 Å². The highest BCUT2D eigenvalue weighted by molar-refractivity contribution is 4.72. The lowest BCUT2D eigenvalue weighted by Gasteiger charge is -2.16. The Bertz CT molecular complexity index is 95.7. The molecule has 0 spiro atoms. The molecule has 1 fully saturated rings. The first-order chi connectivity index (χ1) is 5.29. The van der Waals surface area contributed by atoms with Crippen LogP contribution in [0.15, 0.2) is 0 Å². The SMILES string of the molecule is C[C@@H](O)C[C@H]1CCCCCN1. The van der Waals surface area contributed by atoms with Crippen LogP contribution in [0.2, 0.25) is 0 Å². The third kappa shape index (κ3) is 3.73. The average molecular weight is 157 g/mol. The summed E-state index contributed by atoms with van der Waals surface area (Å²) in [6.07, 6.45) is 5.99. The van der Waals surface area contributed by atoms with E-state index in [0.717, 1.165) is 13.0 Å². The van der Waals surface area contributed by atoms with E-state index >= 15 is 0 Å². The lowest BCUT2D eigenvalue weighted by Crippen LogP contribution is -2.31. The molecular weight excluding hydrogens is 138 g/mol. The van der Waals surface area contributed by atoms with E-state index in [-0.39, 0.29) is 6.10 Å². The van der Waals surface area contributed by atoms with E-state index in [1.54, 1.807) is 0 Å². The molecule has 0 amide bonds. The number of nitrogens with one attached hydrogen (secondary N) is 1. The Hall–Kier alpha value is -0.0800. The molecule has 11 heavy (non-hydrogen) atoms. The van der Waals surface area contributed by atoms with E-state index < -0.39 is 0 Å². The Labute approximate surface area is 69.0 Å². The molecule has 1 rings (SSSR count). The third-order valence-electron chi connectivity index (χ3n) is 2.29. The van der Waals surface area contributed by atoms with E-state index in [4.69, 9.17) is 5.11 Å². The Morgan fingerprint density at radius 1 is 1.45 bits per heavy atom. The number of hydrogen-bond donors (Lipinski definition) is 2. The van der Waals surface area contributed by atoms with Crippen LogP contribution in [0.25, 0.3) is 0 Å². The molecule has 2 heteroatoms. The van der Waals surface area contributed by atoms with Gasteiger partial charge in [0, 0.05) is 6.04 Å². The Morgan fingerprint density at radius 3 is 3.00 bits per heavy atom. The van der Waals surface area contributed by atoms with Gasteiger partial charge in [-0.15, -0.1) is 0 Å². The fourth-order valence-corrected chi connectivity index (χ4v) is 1.71. The second-order valence-electron chi connectivity index (χ2n) is 3.59. The van der Waals surface area contributed by atoms with Crippen molar-refractivity contribution < 1.29 is 5.11 Å². The monoisotopic (exact) mass is 157 g/mol. The molecule has 0 saturated carbocycles. The molecule has 1 saturated heterocycles. The van der Waals surface area contributed by atoms with Gasteiger partial charge in [0.15, 0.2) is 0 Å². The second-order valence-corrected chi connectivity index (χ2v) is 3.59. The summed E-state index contributed by atoms with van der Waals surface area (Å²) in [5, 5.41) is 12.6. The molecule has 0 aromatic rings. The second kappa shape index (κ2) is 4.73. The minimum Gasteiger partial charge on any atom is -0.393 e. The fourth-order valence-electron chi connectivity index (χ4n) is 1.71. The van der Waals surface area contributed by atoms with Gasteiger partial charge in [-0.05, 0) is 32.7 Å². The van der Waals surface area contributed by atoms with Crippen molar-refractivity contribution >= 4 is 0 Å². The topological polar surface area (TPSA) is 32.3 Å². The van der Waals surface area contributed by atoms with Gasteiger partial charge >= 0.3 is 0 Å². The largest absolute Gasteiger partial charge is 0.393 e. The molecule has 0 bridgehead atoms. The number of aliphatic hydroxyl groups is 1. The molecule has 1 heterocycles. The van der Waals surface area contributed by atoms with Crippen LogP contribution in [-0.2, 0) is 0 Å². The summed E-state index contributed by atoms with van der Waals surface area (Å²) in [4.78, 5) is 0. The number of hydrogen-bond acceptors (Lipinski definition) is 2. The van der Waals surface area contributed by atoms with Crippen LogP contribution in [0, 0.1) is 0 Å². The first kappa shape index (κ1) is 9.01. The van der Waals surface area contributed by atoms with Crippen molar-refractivity contribution in [1.82, 2.24) is 5.32 Å². The molecule has 2 N–H and O–H groups in total. The summed E-state index contributed by atoms with van der Waals surface area (Å²) < 4.78 is 0. The lowest BCUT2D eigenvalue weighted by atomic mass is 10.1. The maximum atomic E-state index is 9.16. The zero-order valence-corrected chi connectivity index (χ0v) is 7.34. The van der Waals surface area contributed by atoms with Crippen LogP contribution in [-0.4, -0.2) is 23.8 Å². The highest BCUT2D eigenvalue weighted by Gasteiger charge is 2.12. The third-order valence-corrected chi connectivity index (χ3v) is 2.29. The van der Waals surface area contributed by atoms with Crippen LogP contribution >= 0.6 is 0 Å². The van der Waals surface area contributed by atoms with Gasteiger partial charge in [-0.25, -0.2) is 0 Å². The van der Waals surface area contributed by atoms with E-state index in [0.29, 0.717) is 6.04 Å². The van der Waals surface area contributed by atoms with Crippen molar-refractivity contribution in [3.8, 4) is 0 Å². The molecule has 66 valence electrons. The summed E-state index contributed by atoms with van der Waals surface area (Å²) in [6, 6.07) is 0.567. The van der Waals surface area contributed by atoms with Gasteiger partial charge in [-0.3, -0.25) is 0 Å². The van der Waals surface area contributed by atoms with Crippen LogP contribution in [0.4, 0.5) is 0 Å². The van der Waals surface area contributed by atoms with Gasteiger partial charge in [0.05, 0.1) is 6.10 Å². The first-order valence-corrected chi connectivity index (χ1v) is 4.70. The van der Waals surface area contributed by atoms with Crippen molar-refractivity contribution in [3.63, 3.8) is 0 Å². The smallest absolute Gasteiger partial charge is 0.0526 e.